The molecule has 10 nitrogen and oxygen atoms in total. The van der Waals surface area contributed by atoms with Crippen molar-refractivity contribution < 1.29 is 23.8 Å². The third-order valence-electron chi connectivity index (χ3n) is 4.43. The number of anilines is 1. The van der Waals surface area contributed by atoms with E-state index in [0.717, 1.165) is 11.3 Å². The number of benzene rings is 2. The topological polar surface area (TPSA) is 130 Å². The molecule has 31 heavy (non-hydrogen) atoms. The Balaban J connectivity index is 1.85. The molecule has 1 heterocycles. The van der Waals surface area contributed by atoms with Gasteiger partial charge in [-0.3, -0.25) is 4.79 Å². The molecular formula is C21H23N5O5. The zero-order valence-corrected chi connectivity index (χ0v) is 17.3. The molecule has 1 aromatic heterocycles. The van der Waals surface area contributed by atoms with E-state index in [9.17, 15) is 9.59 Å². The van der Waals surface area contributed by atoms with Gasteiger partial charge >= 0.3 is 6.03 Å². The van der Waals surface area contributed by atoms with E-state index < -0.39 is 11.9 Å². The molecule has 0 fully saturated rings. The Bertz CT molecular complexity index is 1080. The number of nitrogens with two attached hydrogens (primary N) is 1. The SMILES string of the molecule is COc1ccc(CNC(=O)c2nn(-c3ccc(OC)c(OC)c3)cc2NC(N)=O)cc1. The average Bonchev–Trinajstić information content (AvgIpc) is 3.20. The number of ether oxygens (including phenoxy) is 3. The van der Waals surface area contributed by atoms with E-state index in [1.165, 1.54) is 25.1 Å². The van der Waals surface area contributed by atoms with Gasteiger partial charge in [0.15, 0.2) is 17.2 Å². The van der Waals surface area contributed by atoms with Gasteiger partial charge in [0, 0.05) is 12.6 Å². The Morgan fingerprint density at radius 1 is 1.00 bits per heavy atom. The van der Waals surface area contributed by atoms with Crippen molar-refractivity contribution >= 4 is 17.6 Å². The van der Waals surface area contributed by atoms with Crippen LogP contribution >= 0.6 is 0 Å². The predicted octanol–water partition coefficient (Wildman–Crippen LogP) is 2.32. The number of nitrogens with one attached hydrogen (secondary N) is 2. The molecule has 3 rings (SSSR count). The largest absolute Gasteiger partial charge is 0.497 e. The molecule has 0 aliphatic heterocycles. The van der Waals surface area contributed by atoms with Gasteiger partial charge in [-0.25, -0.2) is 9.48 Å². The lowest BCUT2D eigenvalue weighted by Crippen LogP contribution is -2.26. The third-order valence-corrected chi connectivity index (χ3v) is 4.43. The number of primary amides is 1. The van der Waals surface area contributed by atoms with Crippen LogP contribution in [0.15, 0.2) is 48.7 Å². The Kier molecular flexibility index (Phi) is 6.61. The van der Waals surface area contributed by atoms with Gasteiger partial charge in [0.1, 0.15) is 5.75 Å². The van der Waals surface area contributed by atoms with Gasteiger partial charge in [-0.1, -0.05) is 12.1 Å². The van der Waals surface area contributed by atoms with E-state index in [4.69, 9.17) is 19.9 Å². The fourth-order valence-corrected chi connectivity index (χ4v) is 2.87. The molecule has 3 aromatic rings. The van der Waals surface area contributed by atoms with Crippen molar-refractivity contribution in [3.05, 3.63) is 59.9 Å². The summed E-state index contributed by atoms with van der Waals surface area (Å²) in [5.74, 6) is 1.28. The number of carbonyl (C=O) groups is 2. The van der Waals surface area contributed by atoms with E-state index in [1.807, 2.05) is 12.1 Å². The van der Waals surface area contributed by atoms with E-state index in [2.05, 4.69) is 15.7 Å². The first kappa shape index (κ1) is 21.5. The first-order chi connectivity index (χ1) is 14.9. The van der Waals surface area contributed by atoms with Crippen LogP contribution in [0.3, 0.4) is 0 Å². The maximum atomic E-state index is 12.8. The van der Waals surface area contributed by atoms with Gasteiger partial charge < -0.3 is 30.6 Å². The number of hydrogen-bond donors (Lipinski definition) is 3. The lowest BCUT2D eigenvalue weighted by Gasteiger charge is -2.09. The molecule has 0 unspecified atom stereocenters. The predicted molar refractivity (Wildman–Crippen MR) is 114 cm³/mol. The third kappa shape index (κ3) is 5.04. The second-order valence-electron chi connectivity index (χ2n) is 6.40. The van der Waals surface area contributed by atoms with Gasteiger partial charge in [-0.2, -0.15) is 5.10 Å². The van der Waals surface area contributed by atoms with Gasteiger partial charge in [-0.05, 0) is 29.8 Å². The lowest BCUT2D eigenvalue weighted by molar-refractivity contribution is 0.0946. The fraction of sp³-hybridized carbons (Fsp3) is 0.190. The molecule has 0 aliphatic rings. The highest BCUT2D eigenvalue weighted by atomic mass is 16.5. The minimum absolute atomic E-state index is 0.0158. The highest BCUT2D eigenvalue weighted by Crippen LogP contribution is 2.29. The van der Waals surface area contributed by atoms with Crippen LogP contribution in [0.25, 0.3) is 5.69 Å². The molecule has 0 saturated carbocycles. The lowest BCUT2D eigenvalue weighted by atomic mass is 10.2. The van der Waals surface area contributed by atoms with Gasteiger partial charge in [-0.15, -0.1) is 0 Å². The summed E-state index contributed by atoms with van der Waals surface area (Å²) in [5, 5.41) is 9.53. The molecule has 0 bridgehead atoms. The molecule has 0 radical (unpaired) electrons. The number of methoxy groups -OCH3 is 3. The molecular weight excluding hydrogens is 402 g/mol. The number of hydrogen-bond acceptors (Lipinski definition) is 6. The van der Waals surface area contributed by atoms with Crippen molar-refractivity contribution in [1.29, 1.82) is 0 Å². The van der Waals surface area contributed by atoms with Gasteiger partial charge in [0.05, 0.1) is 38.9 Å². The Morgan fingerprint density at radius 2 is 1.71 bits per heavy atom. The molecule has 0 spiro atoms. The van der Waals surface area contributed by atoms with Crippen molar-refractivity contribution in [3.63, 3.8) is 0 Å². The Hall–Kier alpha value is -4.21. The van der Waals surface area contributed by atoms with E-state index in [1.54, 1.807) is 37.4 Å². The summed E-state index contributed by atoms with van der Waals surface area (Å²) >= 11 is 0. The molecule has 0 saturated heterocycles. The van der Waals surface area contributed by atoms with Crippen LogP contribution in [0, 0.1) is 0 Å². The first-order valence-electron chi connectivity index (χ1n) is 9.24. The van der Waals surface area contributed by atoms with Crippen LogP contribution < -0.4 is 30.6 Å². The van der Waals surface area contributed by atoms with Crippen LogP contribution in [-0.2, 0) is 6.54 Å². The van der Waals surface area contributed by atoms with Gasteiger partial charge in [0.25, 0.3) is 5.91 Å². The maximum Gasteiger partial charge on any atom is 0.316 e. The number of amides is 3. The molecule has 0 atom stereocenters. The second kappa shape index (κ2) is 9.53. The molecule has 10 heteroatoms. The smallest absolute Gasteiger partial charge is 0.316 e. The van der Waals surface area contributed by atoms with Crippen LogP contribution in [0.5, 0.6) is 17.2 Å². The minimum Gasteiger partial charge on any atom is -0.497 e. The van der Waals surface area contributed by atoms with E-state index in [-0.39, 0.29) is 17.9 Å². The van der Waals surface area contributed by atoms with Crippen molar-refractivity contribution in [3.8, 4) is 22.9 Å². The summed E-state index contributed by atoms with van der Waals surface area (Å²) in [6.07, 6.45) is 1.49. The summed E-state index contributed by atoms with van der Waals surface area (Å²) in [6.45, 7) is 0.266. The van der Waals surface area contributed by atoms with E-state index in [0.29, 0.717) is 17.2 Å². The van der Waals surface area contributed by atoms with Crippen LogP contribution in [0.2, 0.25) is 0 Å². The zero-order chi connectivity index (χ0) is 22.4. The highest BCUT2D eigenvalue weighted by molar-refractivity contribution is 6.01. The minimum atomic E-state index is -0.809. The summed E-state index contributed by atoms with van der Waals surface area (Å²) in [4.78, 5) is 24.2. The number of aromatic nitrogens is 2. The zero-order valence-electron chi connectivity index (χ0n) is 17.3. The molecule has 0 aliphatic carbocycles. The van der Waals surface area contributed by atoms with E-state index >= 15 is 0 Å². The number of carbonyl (C=O) groups excluding carboxylic acids is 2. The number of urea groups is 1. The molecule has 3 amide bonds. The van der Waals surface area contributed by atoms with Crippen LogP contribution in [0.1, 0.15) is 16.1 Å². The quantitative estimate of drug-likeness (QED) is 0.508. The fourth-order valence-electron chi connectivity index (χ4n) is 2.87. The van der Waals surface area contributed by atoms with Gasteiger partial charge in [0.2, 0.25) is 0 Å². The monoisotopic (exact) mass is 425 g/mol. The Labute approximate surface area is 178 Å². The summed E-state index contributed by atoms with van der Waals surface area (Å²) in [6, 6.07) is 11.6. The summed E-state index contributed by atoms with van der Waals surface area (Å²) in [7, 11) is 4.63. The molecule has 4 N–H and O–H groups in total. The van der Waals surface area contributed by atoms with Crippen molar-refractivity contribution in [2.24, 2.45) is 5.73 Å². The normalized spacial score (nSPS) is 10.3. The summed E-state index contributed by atoms with van der Waals surface area (Å²) in [5.41, 5.74) is 6.91. The van der Waals surface area contributed by atoms with Crippen molar-refractivity contribution in [1.82, 2.24) is 15.1 Å². The summed E-state index contributed by atoms with van der Waals surface area (Å²) < 4.78 is 17.1. The van der Waals surface area contributed by atoms with Crippen LogP contribution in [-0.4, -0.2) is 43.0 Å². The number of nitrogens with zero attached hydrogens (tertiary/aromatic N) is 2. The average molecular weight is 425 g/mol. The molecule has 162 valence electrons. The Morgan fingerprint density at radius 3 is 2.32 bits per heavy atom. The van der Waals surface area contributed by atoms with Crippen LogP contribution in [0.4, 0.5) is 10.5 Å². The van der Waals surface area contributed by atoms with Crippen molar-refractivity contribution in [2.75, 3.05) is 26.6 Å². The number of rotatable bonds is 8. The highest BCUT2D eigenvalue weighted by Gasteiger charge is 2.19. The maximum absolute atomic E-state index is 12.8. The molecule has 2 aromatic carbocycles. The van der Waals surface area contributed by atoms with Crippen molar-refractivity contribution in [2.45, 2.75) is 6.54 Å². The first-order valence-corrected chi connectivity index (χ1v) is 9.24. The second-order valence-corrected chi connectivity index (χ2v) is 6.40. The standard InChI is InChI=1S/C21H23N5O5/c1-29-15-7-4-13(5-8-15)11-23-20(27)19-16(24-21(22)28)12-26(25-19)14-6-9-17(30-2)18(10-14)31-3/h4-10,12H,11H2,1-3H3,(H,23,27)(H3,22,24,28).